The van der Waals surface area contributed by atoms with Gasteiger partial charge in [0.15, 0.2) is 0 Å². The van der Waals surface area contributed by atoms with Gasteiger partial charge in [-0.25, -0.2) is 13.2 Å². The first-order chi connectivity index (χ1) is 15.8. The quantitative estimate of drug-likeness (QED) is 0.323. The smallest absolute Gasteiger partial charge is 0.343 e. The molecule has 3 aromatic carbocycles. The number of morpholine rings is 1. The number of carbonyl (C=O) groups excluding carboxylic acids is 1. The predicted octanol–water partition coefficient (Wildman–Crippen LogP) is 4.60. The average Bonchev–Trinajstić information content (AvgIpc) is 3.16. The molecule has 2 atom stereocenters. The van der Waals surface area contributed by atoms with Gasteiger partial charge >= 0.3 is 5.97 Å². The van der Waals surface area contributed by atoms with Crippen LogP contribution in [-0.4, -0.2) is 44.0 Å². The van der Waals surface area contributed by atoms with Crippen molar-refractivity contribution in [2.75, 3.05) is 13.1 Å². The van der Waals surface area contributed by atoms with Crippen LogP contribution < -0.4 is 4.74 Å². The zero-order chi connectivity index (χ0) is 23.2. The van der Waals surface area contributed by atoms with Crippen molar-refractivity contribution in [2.24, 2.45) is 0 Å². The molecular weight excluding hydrogens is 442 g/mol. The second-order valence-electron chi connectivity index (χ2n) is 8.25. The summed E-state index contributed by atoms with van der Waals surface area (Å²) in [6, 6.07) is 18.7. The Morgan fingerprint density at radius 2 is 1.64 bits per heavy atom. The second kappa shape index (κ2) is 8.30. The molecule has 170 valence electrons. The molecule has 0 N–H and O–H groups in total. The molecule has 0 unspecified atom stereocenters. The Morgan fingerprint density at radius 3 is 2.42 bits per heavy atom. The Morgan fingerprint density at radius 1 is 0.909 bits per heavy atom. The number of furan rings is 1. The van der Waals surface area contributed by atoms with Crippen molar-refractivity contribution in [1.82, 2.24) is 4.31 Å². The maximum atomic E-state index is 13.2. The SMILES string of the molecule is C[C@@H]1CN(S(=O)(=O)c2cccc(C(=O)Oc3ccc4oc5ccccc5c4c3)c2)C[C@H](C)O1. The summed E-state index contributed by atoms with van der Waals surface area (Å²) in [6.07, 6.45) is -0.406. The first kappa shape index (κ1) is 21.6. The van der Waals surface area contributed by atoms with E-state index in [-0.39, 0.29) is 35.8 Å². The van der Waals surface area contributed by atoms with Gasteiger partial charge in [-0.15, -0.1) is 0 Å². The highest BCUT2D eigenvalue weighted by Gasteiger charge is 2.32. The highest BCUT2D eigenvalue weighted by Crippen LogP contribution is 2.31. The lowest BCUT2D eigenvalue weighted by Gasteiger charge is -2.34. The van der Waals surface area contributed by atoms with Gasteiger partial charge in [-0.1, -0.05) is 24.3 Å². The van der Waals surface area contributed by atoms with E-state index in [1.54, 1.807) is 24.3 Å². The first-order valence-electron chi connectivity index (χ1n) is 10.7. The summed E-state index contributed by atoms with van der Waals surface area (Å²) < 4.78 is 44.7. The summed E-state index contributed by atoms with van der Waals surface area (Å²) in [5.41, 5.74) is 1.60. The van der Waals surface area contributed by atoms with Crippen LogP contribution >= 0.6 is 0 Å². The fourth-order valence-corrected chi connectivity index (χ4v) is 5.83. The number of sulfonamides is 1. The molecule has 8 heteroatoms. The third kappa shape index (κ3) is 4.13. The summed E-state index contributed by atoms with van der Waals surface area (Å²) in [5, 5.41) is 1.76. The molecule has 0 spiro atoms. The molecule has 1 aliphatic rings. The van der Waals surface area contributed by atoms with Crippen LogP contribution in [0.1, 0.15) is 24.2 Å². The molecule has 0 radical (unpaired) electrons. The first-order valence-corrected chi connectivity index (χ1v) is 12.1. The monoisotopic (exact) mass is 465 g/mol. The summed E-state index contributed by atoms with van der Waals surface area (Å²) in [6.45, 7) is 4.21. The molecule has 0 aliphatic carbocycles. The van der Waals surface area contributed by atoms with Crippen molar-refractivity contribution in [3.8, 4) is 5.75 Å². The van der Waals surface area contributed by atoms with E-state index in [4.69, 9.17) is 13.9 Å². The van der Waals surface area contributed by atoms with Crippen LogP contribution in [0.3, 0.4) is 0 Å². The van der Waals surface area contributed by atoms with Crippen LogP contribution in [0.15, 0.2) is 76.0 Å². The van der Waals surface area contributed by atoms with Gasteiger partial charge in [0.1, 0.15) is 16.9 Å². The topological polar surface area (TPSA) is 86.1 Å². The third-order valence-electron chi connectivity index (χ3n) is 5.65. The maximum absolute atomic E-state index is 13.2. The molecule has 5 rings (SSSR count). The van der Waals surface area contributed by atoms with Crippen LogP contribution in [0.25, 0.3) is 21.9 Å². The third-order valence-corrected chi connectivity index (χ3v) is 7.48. The summed E-state index contributed by atoms with van der Waals surface area (Å²) in [4.78, 5) is 12.9. The Kier molecular flexibility index (Phi) is 5.44. The van der Waals surface area contributed by atoms with E-state index in [0.717, 1.165) is 16.4 Å². The molecule has 1 saturated heterocycles. The second-order valence-corrected chi connectivity index (χ2v) is 10.2. The highest BCUT2D eigenvalue weighted by molar-refractivity contribution is 7.89. The molecule has 0 bridgehead atoms. The zero-order valence-electron chi connectivity index (χ0n) is 18.2. The summed E-state index contributed by atoms with van der Waals surface area (Å²) in [7, 11) is -3.77. The maximum Gasteiger partial charge on any atom is 0.343 e. The van der Waals surface area contributed by atoms with Crippen LogP contribution in [0.4, 0.5) is 0 Å². The van der Waals surface area contributed by atoms with Crippen molar-refractivity contribution >= 4 is 37.9 Å². The number of hydrogen-bond donors (Lipinski definition) is 0. The Bertz CT molecular complexity index is 1450. The lowest BCUT2D eigenvalue weighted by molar-refractivity contribution is -0.0440. The minimum absolute atomic E-state index is 0.0505. The number of nitrogens with zero attached hydrogens (tertiary/aromatic N) is 1. The Hall–Kier alpha value is -3.20. The van der Waals surface area contributed by atoms with E-state index in [1.807, 2.05) is 38.1 Å². The van der Waals surface area contributed by atoms with Crippen molar-refractivity contribution < 1.29 is 27.1 Å². The lowest BCUT2D eigenvalue weighted by Crippen LogP contribution is -2.48. The van der Waals surface area contributed by atoms with Crippen molar-refractivity contribution in [1.29, 1.82) is 0 Å². The van der Waals surface area contributed by atoms with Crippen LogP contribution in [0, 0.1) is 0 Å². The van der Waals surface area contributed by atoms with E-state index >= 15 is 0 Å². The van der Waals surface area contributed by atoms with Crippen molar-refractivity contribution in [2.45, 2.75) is 31.0 Å². The zero-order valence-corrected chi connectivity index (χ0v) is 19.0. The van der Waals surface area contributed by atoms with Gasteiger partial charge in [0.25, 0.3) is 0 Å². The molecule has 1 aliphatic heterocycles. The molecular formula is C25H23NO6S. The predicted molar refractivity (Wildman–Crippen MR) is 124 cm³/mol. The minimum Gasteiger partial charge on any atom is -0.456 e. The Balaban J connectivity index is 1.41. The fourth-order valence-electron chi connectivity index (χ4n) is 4.19. The van der Waals surface area contributed by atoms with Gasteiger partial charge in [-0.2, -0.15) is 4.31 Å². The number of ether oxygens (including phenoxy) is 2. The van der Waals surface area contributed by atoms with Gasteiger partial charge in [0.2, 0.25) is 10.0 Å². The van der Waals surface area contributed by atoms with Crippen molar-refractivity contribution in [3.05, 3.63) is 72.3 Å². The standard InChI is InChI=1S/C25H23NO6S/c1-16-14-26(15-17(2)30-16)33(28,29)20-7-5-6-18(12-20)25(27)31-19-10-11-24-22(13-19)21-8-3-4-9-23(21)32-24/h3-13,16-17H,14-15H2,1-2H3/t16-,17+. The number of hydrogen-bond acceptors (Lipinski definition) is 6. The largest absolute Gasteiger partial charge is 0.456 e. The molecule has 33 heavy (non-hydrogen) atoms. The number of para-hydroxylation sites is 1. The molecule has 4 aromatic rings. The van der Waals surface area contributed by atoms with E-state index in [1.165, 1.54) is 22.5 Å². The van der Waals surface area contributed by atoms with Crippen molar-refractivity contribution in [3.63, 3.8) is 0 Å². The molecule has 0 saturated carbocycles. The van der Waals surface area contributed by atoms with Gasteiger partial charge in [-0.3, -0.25) is 0 Å². The van der Waals surface area contributed by atoms with E-state index in [9.17, 15) is 13.2 Å². The lowest BCUT2D eigenvalue weighted by atomic mass is 10.1. The summed E-state index contributed by atoms with van der Waals surface area (Å²) >= 11 is 0. The van der Waals surface area contributed by atoms with Crippen LogP contribution in [0.2, 0.25) is 0 Å². The summed E-state index contributed by atoms with van der Waals surface area (Å²) in [5.74, 6) is -0.286. The number of carbonyl (C=O) groups is 1. The number of benzene rings is 3. The van der Waals surface area contributed by atoms with Gasteiger partial charge < -0.3 is 13.9 Å². The normalized spacial score (nSPS) is 19.7. The van der Waals surface area contributed by atoms with E-state index in [2.05, 4.69) is 0 Å². The fraction of sp³-hybridized carbons (Fsp3) is 0.240. The van der Waals surface area contributed by atoms with Gasteiger partial charge in [0.05, 0.1) is 22.7 Å². The number of esters is 1. The van der Waals surface area contributed by atoms with Crippen LogP contribution in [0.5, 0.6) is 5.75 Å². The molecule has 1 aromatic heterocycles. The number of fused-ring (bicyclic) bond motifs is 3. The van der Waals surface area contributed by atoms with E-state index < -0.39 is 16.0 Å². The number of rotatable bonds is 4. The molecule has 1 fully saturated rings. The van der Waals surface area contributed by atoms with Gasteiger partial charge in [-0.05, 0) is 56.3 Å². The molecule has 7 nitrogen and oxygen atoms in total. The molecule has 0 amide bonds. The molecule has 2 heterocycles. The van der Waals surface area contributed by atoms with Gasteiger partial charge in [0, 0.05) is 23.9 Å². The Labute approximate surface area is 191 Å². The van der Waals surface area contributed by atoms with E-state index in [0.29, 0.717) is 11.3 Å². The van der Waals surface area contributed by atoms with Crippen LogP contribution in [-0.2, 0) is 14.8 Å². The minimum atomic E-state index is -3.77. The highest BCUT2D eigenvalue weighted by atomic mass is 32.2. The average molecular weight is 466 g/mol.